The van der Waals surface area contributed by atoms with Crippen molar-refractivity contribution < 1.29 is 18.7 Å². The molecule has 2 aromatic rings. The standard InChI is InChI=1S/C25H42N4O4Si/c1-24(2,3)33-23(30)28-14-12-27(13-15-28)22-18-26-29-19-20(10-11-21(22)29)31-16-9-17-32-34(7,8)25(4,5)6/h10-11,18-19H,9,12-17H2,1-8H3. The molecule has 0 aromatic carbocycles. The summed E-state index contributed by atoms with van der Waals surface area (Å²) < 4.78 is 19.5. The lowest BCUT2D eigenvalue weighted by atomic mass is 10.2. The molecular formula is C25H42N4O4Si. The Bertz CT molecular complexity index is 969. The number of amides is 1. The Morgan fingerprint density at radius 3 is 2.32 bits per heavy atom. The number of carbonyl (C=O) groups is 1. The normalized spacial score (nSPS) is 15.6. The van der Waals surface area contributed by atoms with E-state index in [2.05, 4.69) is 43.9 Å². The van der Waals surface area contributed by atoms with Crippen LogP contribution in [0.4, 0.5) is 10.5 Å². The molecule has 3 rings (SSSR count). The van der Waals surface area contributed by atoms with Gasteiger partial charge in [0, 0.05) is 39.2 Å². The number of nitrogens with zero attached hydrogens (tertiary/aromatic N) is 4. The Hall–Kier alpha value is -2.26. The summed E-state index contributed by atoms with van der Waals surface area (Å²) in [5.74, 6) is 0.796. The van der Waals surface area contributed by atoms with Crippen LogP contribution in [0, 0.1) is 0 Å². The number of hydrogen-bond acceptors (Lipinski definition) is 6. The number of anilines is 1. The maximum Gasteiger partial charge on any atom is 0.410 e. The van der Waals surface area contributed by atoms with Gasteiger partial charge in [-0.2, -0.15) is 5.10 Å². The van der Waals surface area contributed by atoms with Crippen molar-refractivity contribution in [3.05, 3.63) is 24.5 Å². The van der Waals surface area contributed by atoms with Crippen molar-refractivity contribution in [3.8, 4) is 5.75 Å². The van der Waals surface area contributed by atoms with E-state index in [4.69, 9.17) is 13.9 Å². The summed E-state index contributed by atoms with van der Waals surface area (Å²) >= 11 is 0. The van der Waals surface area contributed by atoms with Gasteiger partial charge in [-0.15, -0.1) is 0 Å². The summed E-state index contributed by atoms with van der Waals surface area (Å²) in [5, 5.41) is 4.75. The smallest absolute Gasteiger partial charge is 0.410 e. The minimum atomic E-state index is -1.71. The summed E-state index contributed by atoms with van der Waals surface area (Å²) in [4.78, 5) is 16.4. The molecule has 190 valence electrons. The van der Waals surface area contributed by atoms with E-state index < -0.39 is 13.9 Å². The van der Waals surface area contributed by atoms with E-state index in [1.807, 2.05) is 49.8 Å². The van der Waals surface area contributed by atoms with Crippen LogP contribution in [-0.4, -0.2) is 73.9 Å². The zero-order valence-corrected chi connectivity index (χ0v) is 23.2. The minimum Gasteiger partial charge on any atom is -0.492 e. The van der Waals surface area contributed by atoms with Crippen LogP contribution in [-0.2, 0) is 9.16 Å². The second-order valence-electron chi connectivity index (χ2n) is 11.5. The zero-order chi connectivity index (χ0) is 25.1. The number of hydrogen-bond donors (Lipinski definition) is 0. The average molecular weight is 491 g/mol. The fourth-order valence-corrected chi connectivity index (χ4v) is 4.62. The maximum absolute atomic E-state index is 12.3. The predicted octanol–water partition coefficient (Wildman–Crippen LogP) is 5.18. The summed E-state index contributed by atoms with van der Waals surface area (Å²) in [6.45, 7) is 21.1. The molecule has 1 aliphatic rings. The van der Waals surface area contributed by atoms with Crippen LogP contribution in [0.25, 0.3) is 5.52 Å². The highest BCUT2D eigenvalue weighted by molar-refractivity contribution is 6.74. The van der Waals surface area contributed by atoms with Crippen molar-refractivity contribution >= 4 is 25.6 Å². The van der Waals surface area contributed by atoms with Crippen LogP contribution >= 0.6 is 0 Å². The van der Waals surface area contributed by atoms with Gasteiger partial charge in [0.2, 0.25) is 0 Å². The first kappa shape index (κ1) is 26.3. The Labute approximate surface area is 205 Å². The van der Waals surface area contributed by atoms with Crippen molar-refractivity contribution in [1.82, 2.24) is 14.5 Å². The van der Waals surface area contributed by atoms with Crippen LogP contribution in [0.5, 0.6) is 5.75 Å². The fraction of sp³-hybridized carbons (Fsp3) is 0.680. The largest absolute Gasteiger partial charge is 0.492 e. The molecule has 1 aliphatic heterocycles. The molecule has 1 amide bonds. The first-order chi connectivity index (χ1) is 15.8. The van der Waals surface area contributed by atoms with E-state index in [0.717, 1.165) is 43.1 Å². The highest BCUT2D eigenvalue weighted by Gasteiger charge is 2.36. The Morgan fingerprint density at radius 1 is 1.03 bits per heavy atom. The second-order valence-corrected chi connectivity index (χ2v) is 16.3. The van der Waals surface area contributed by atoms with E-state index in [1.165, 1.54) is 0 Å². The minimum absolute atomic E-state index is 0.221. The lowest BCUT2D eigenvalue weighted by Crippen LogP contribution is -2.50. The Morgan fingerprint density at radius 2 is 1.71 bits per heavy atom. The number of rotatable bonds is 7. The molecule has 8 nitrogen and oxygen atoms in total. The van der Waals surface area contributed by atoms with Crippen molar-refractivity contribution in [2.24, 2.45) is 0 Å². The molecule has 0 unspecified atom stereocenters. The molecule has 0 saturated carbocycles. The first-order valence-corrected chi connectivity index (χ1v) is 15.1. The van der Waals surface area contributed by atoms with Crippen LogP contribution in [0.3, 0.4) is 0 Å². The molecule has 1 saturated heterocycles. The zero-order valence-electron chi connectivity index (χ0n) is 22.2. The quantitative estimate of drug-likeness (QED) is 0.393. The van der Waals surface area contributed by atoms with Crippen molar-refractivity contribution in [2.45, 2.75) is 71.7 Å². The van der Waals surface area contributed by atoms with Gasteiger partial charge in [0.1, 0.15) is 11.4 Å². The van der Waals surface area contributed by atoms with E-state index in [1.54, 1.807) is 4.90 Å². The third-order valence-corrected chi connectivity index (χ3v) is 11.1. The molecule has 0 atom stereocenters. The summed E-state index contributed by atoms with van der Waals surface area (Å²) in [5.41, 5.74) is 1.62. The van der Waals surface area contributed by atoms with E-state index in [0.29, 0.717) is 19.7 Å². The summed E-state index contributed by atoms with van der Waals surface area (Å²) in [6.07, 6.45) is 4.42. The molecule has 1 fully saturated rings. The van der Waals surface area contributed by atoms with Crippen molar-refractivity contribution in [3.63, 3.8) is 0 Å². The van der Waals surface area contributed by atoms with E-state index in [-0.39, 0.29) is 11.1 Å². The summed E-state index contributed by atoms with van der Waals surface area (Å²) in [7, 11) is -1.71. The first-order valence-electron chi connectivity index (χ1n) is 12.2. The van der Waals surface area contributed by atoms with Gasteiger partial charge in [-0.05, 0) is 51.0 Å². The Balaban J connectivity index is 1.50. The summed E-state index contributed by atoms with van der Waals surface area (Å²) in [6, 6.07) is 4.04. The van der Waals surface area contributed by atoms with Gasteiger partial charge >= 0.3 is 6.09 Å². The molecule has 0 N–H and O–H groups in total. The van der Waals surface area contributed by atoms with Crippen LogP contribution in [0.1, 0.15) is 48.0 Å². The van der Waals surface area contributed by atoms with Crippen molar-refractivity contribution in [1.29, 1.82) is 0 Å². The molecule has 9 heteroatoms. The van der Waals surface area contributed by atoms with Crippen LogP contribution in [0.15, 0.2) is 24.5 Å². The van der Waals surface area contributed by atoms with Gasteiger partial charge in [-0.25, -0.2) is 9.31 Å². The molecule has 2 aromatic heterocycles. The van der Waals surface area contributed by atoms with Crippen LogP contribution < -0.4 is 9.64 Å². The molecule has 0 spiro atoms. The SMILES string of the molecule is CC(C)(C)OC(=O)N1CCN(c2cnn3cc(OCCCO[Si](C)(C)C(C)(C)C)ccc23)CC1. The number of ether oxygens (including phenoxy) is 2. The molecular weight excluding hydrogens is 448 g/mol. The predicted molar refractivity (Wildman–Crippen MR) is 138 cm³/mol. The molecule has 0 radical (unpaired) electrons. The van der Waals surface area contributed by atoms with Crippen LogP contribution in [0.2, 0.25) is 18.1 Å². The van der Waals surface area contributed by atoms with Gasteiger partial charge in [0.25, 0.3) is 0 Å². The molecule has 34 heavy (non-hydrogen) atoms. The molecule has 0 aliphatic carbocycles. The fourth-order valence-electron chi connectivity index (χ4n) is 3.53. The number of carbonyl (C=O) groups excluding carboxylic acids is 1. The third-order valence-electron chi connectivity index (χ3n) is 6.57. The van der Waals surface area contributed by atoms with Gasteiger partial charge in [-0.3, -0.25) is 0 Å². The molecule has 3 heterocycles. The highest BCUT2D eigenvalue weighted by atomic mass is 28.4. The molecule has 0 bridgehead atoms. The number of piperazine rings is 1. The van der Waals surface area contributed by atoms with Crippen molar-refractivity contribution in [2.75, 3.05) is 44.3 Å². The van der Waals surface area contributed by atoms with E-state index >= 15 is 0 Å². The highest BCUT2D eigenvalue weighted by Crippen LogP contribution is 2.36. The van der Waals surface area contributed by atoms with E-state index in [9.17, 15) is 4.79 Å². The topological polar surface area (TPSA) is 68.5 Å². The average Bonchev–Trinajstić information content (AvgIpc) is 3.15. The lowest BCUT2D eigenvalue weighted by Gasteiger charge is -2.36. The third kappa shape index (κ3) is 6.66. The van der Waals surface area contributed by atoms with Gasteiger partial charge in [0.05, 0.1) is 30.2 Å². The maximum atomic E-state index is 12.3. The van der Waals surface area contributed by atoms with Gasteiger partial charge in [0.15, 0.2) is 8.32 Å². The lowest BCUT2D eigenvalue weighted by molar-refractivity contribution is 0.0240. The number of aromatic nitrogens is 2. The Kier molecular flexibility index (Phi) is 7.87. The monoisotopic (exact) mass is 490 g/mol. The van der Waals surface area contributed by atoms with Gasteiger partial charge < -0.3 is 23.7 Å². The number of pyridine rings is 1. The number of fused-ring (bicyclic) bond motifs is 1. The van der Waals surface area contributed by atoms with Gasteiger partial charge in [-0.1, -0.05) is 20.8 Å². The second kappa shape index (κ2) is 10.2.